The van der Waals surface area contributed by atoms with Crippen molar-refractivity contribution in [3.8, 4) is 11.5 Å². The lowest BCUT2D eigenvalue weighted by Gasteiger charge is -2.14. The average molecular weight is 414 g/mol. The van der Waals surface area contributed by atoms with E-state index in [9.17, 15) is 0 Å². The first kappa shape index (κ1) is 16.4. The van der Waals surface area contributed by atoms with E-state index in [0.29, 0.717) is 6.61 Å². The summed E-state index contributed by atoms with van der Waals surface area (Å²) in [6.07, 6.45) is 0.893. The lowest BCUT2D eigenvalue weighted by molar-refractivity contribution is 0.340. The molecule has 0 saturated heterocycles. The Morgan fingerprint density at radius 1 is 1.10 bits per heavy atom. The van der Waals surface area contributed by atoms with Gasteiger partial charge in [-0.1, -0.05) is 50.1 Å². The Bertz CT molecular complexity index is 599. The number of halogens is 2. The highest BCUT2D eigenvalue weighted by atomic mass is 79.9. The van der Waals surface area contributed by atoms with Crippen LogP contribution in [0.1, 0.15) is 22.9 Å². The second-order valence-corrected chi connectivity index (χ2v) is 6.60. The van der Waals surface area contributed by atoms with Gasteiger partial charge in [-0.15, -0.1) is 0 Å². The highest BCUT2D eigenvalue weighted by Gasteiger charge is 2.13. The van der Waals surface area contributed by atoms with Crippen LogP contribution in [-0.4, -0.2) is 13.7 Å². The summed E-state index contributed by atoms with van der Waals surface area (Å²) in [4.78, 5) is 0.231. The van der Waals surface area contributed by atoms with Crippen LogP contribution in [0.15, 0.2) is 46.9 Å². The minimum absolute atomic E-state index is 0.231. The summed E-state index contributed by atoms with van der Waals surface area (Å²) in [7, 11) is 1.69. The van der Waals surface area contributed by atoms with Crippen LogP contribution in [0.5, 0.6) is 11.5 Å². The maximum absolute atomic E-state index is 5.51. The first-order valence-electron chi connectivity index (χ1n) is 6.83. The highest BCUT2D eigenvalue weighted by molar-refractivity contribution is 9.11. The largest absolute Gasteiger partial charge is 0.497 e. The van der Waals surface area contributed by atoms with Gasteiger partial charge in [-0.05, 0) is 48.7 Å². The van der Waals surface area contributed by atoms with Gasteiger partial charge in [0.05, 0.1) is 13.7 Å². The topological polar surface area (TPSA) is 18.5 Å². The van der Waals surface area contributed by atoms with Crippen molar-refractivity contribution in [2.75, 3.05) is 13.7 Å². The van der Waals surface area contributed by atoms with Gasteiger partial charge >= 0.3 is 0 Å². The molecule has 0 radical (unpaired) electrons. The van der Waals surface area contributed by atoms with Gasteiger partial charge in [0, 0.05) is 9.30 Å². The van der Waals surface area contributed by atoms with Gasteiger partial charge in [-0.3, -0.25) is 0 Å². The Kier molecular flexibility index (Phi) is 6.12. The summed E-state index contributed by atoms with van der Waals surface area (Å²) in [5.74, 6) is 1.77. The summed E-state index contributed by atoms with van der Waals surface area (Å²) in [6, 6.07) is 14.3. The summed E-state index contributed by atoms with van der Waals surface area (Å²) in [6.45, 7) is 2.66. The summed E-state index contributed by atoms with van der Waals surface area (Å²) >= 11 is 7.40. The lowest BCUT2D eigenvalue weighted by Crippen LogP contribution is -1.98. The van der Waals surface area contributed by atoms with Crippen LogP contribution in [0.2, 0.25) is 0 Å². The van der Waals surface area contributed by atoms with Crippen LogP contribution < -0.4 is 9.47 Å². The van der Waals surface area contributed by atoms with Gasteiger partial charge in [-0.2, -0.15) is 0 Å². The van der Waals surface area contributed by atoms with Crippen molar-refractivity contribution in [1.82, 2.24) is 0 Å². The van der Waals surface area contributed by atoms with Gasteiger partial charge in [-0.25, -0.2) is 0 Å². The van der Waals surface area contributed by atoms with Crippen molar-refractivity contribution in [2.24, 2.45) is 0 Å². The van der Waals surface area contributed by atoms with Crippen LogP contribution in [-0.2, 0) is 6.42 Å². The van der Waals surface area contributed by atoms with E-state index < -0.39 is 0 Å². The van der Waals surface area contributed by atoms with E-state index in [-0.39, 0.29) is 4.83 Å². The molecular weight excluding hydrogens is 396 g/mol. The van der Waals surface area contributed by atoms with Crippen molar-refractivity contribution < 1.29 is 9.47 Å². The molecule has 0 heterocycles. The molecule has 0 spiro atoms. The maximum Gasteiger partial charge on any atom is 0.120 e. The van der Waals surface area contributed by atoms with Crippen LogP contribution in [0.3, 0.4) is 0 Å². The molecule has 2 rings (SSSR count). The highest BCUT2D eigenvalue weighted by Crippen LogP contribution is 2.35. The summed E-state index contributed by atoms with van der Waals surface area (Å²) in [5, 5.41) is 0. The van der Waals surface area contributed by atoms with E-state index in [1.165, 1.54) is 11.1 Å². The molecule has 0 aliphatic rings. The third kappa shape index (κ3) is 4.48. The van der Waals surface area contributed by atoms with E-state index in [4.69, 9.17) is 9.47 Å². The second kappa shape index (κ2) is 7.85. The molecule has 2 aromatic carbocycles. The van der Waals surface area contributed by atoms with E-state index in [1.807, 2.05) is 31.2 Å². The van der Waals surface area contributed by atoms with E-state index in [2.05, 4.69) is 50.1 Å². The van der Waals surface area contributed by atoms with Crippen molar-refractivity contribution in [1.29, 1.82) is 0 Å². The molecule has 0 N–H and O–H groups in total. The van der Waals surface area contributed by atoms with Crippen molar-refractivity contribution >= 4 is 31.9 Å². The monoisotopic (exact) mass is 412 g/mol. The predicted octanol–water partition coefficient (Wildman–Crippen LogP) is 5.54. The minimum Gasteiger partial charge on any atom is -0.497 e. The third-order valence-corrected chi connectivity index (χ3v) is 4.67. The minimum atomic E-state index is 0.231. The second-order valence-electron chi connectivity index (χ2n) is 4.64. The molecule has 0 bridgehead atoms. The summed E-state index contributed by atoms with van der Waals surface area (Å²) in [5.41, 5.74) is 2.44. The molecule has 0 fully saturated rings. The molecule has 1 atom stereocenters. The van der Waals surface area contributed by atoms with Crippen LogP contribution >= 0.6 is 31.9 Å². The smallest absolute Gasteiger partial charge is 0.120 e. The number of rotatable bonds is 6. The first-order chi connectivity index (χ1) is 10.1. The number of ether oxygens (including phenoxy) is 2. The predicted molar refractivity (Wildman–Crippen MR) is 93.7 cm³/mol. The Labute approximate surface area is 142 Å². The molecular formula is C17H18Br2O2. The van der Waals surface area contributed by atoms with Crippen LogP contribution in [0, 0.1) is 0 Å². The number of hydrogen-bond acceptors (Lipinski definition) is 2. The van der Waals surface area contributed by atoms with E-state index >= 15 is 0 Å². The zero-order valence-electron chi connectivity index (χ0n) is 12.1. The maximum atomic E-state index is 5.51. The van der Waals surface area contributed by atoms with Crippen LogP contribution in [0.25, 0.3) is 0 Å². The molecule has 2 nitrogen and oxygen atoms in total. The molecule has 0 saturated carbocycles. The standard InChI is InChI=1S/C17H18Br2O2/c1-3-21-14-7-8-15(17(19)11-14)16(18)10-12-5-4-6-13(9-12)20-2/h4-9,11,16H,3,10H2,1-2H3. The first-order valence-corrected chi connectivity index (χ1v) is 8.54. The molecule has 2 aromatic rings. The van der Waals surface area contributed by atoms with Gasteiger partial charge in [0.15, 0.2) is 0 Å². The van der Waals surface area contributed by atoms with Gasteiger partial charge in [0.2, 0.25) is 0 Å². The van der Waals surface area contributed by atoms with Gasteiger partial charge < -0.3 is 9.47 Å². The number of alkyl halides is 1. The molecule has 0 aliphatic carbocycles. The normalized spacial score (nSPS) is 12.0. The Balaban J connectivity index is 2.14. The Hall–Kier alpha value is -1.00. The van der Waals surface area contributed by atoms with Gasteiger partial charge in [0.25, 0.3) is 0 Å². The summed E-state index contributed by atoms with van der Waals surface area (Å²) < 4.78 is 11.8. The average Bonchev–Trinajstić information content (AvgIpc) is 2.47. The molecule has 0 amide bonds. The molecule has 112 valence electrons. The Morgan fingerprint density at radius 2 is 1.90 bits per heavy atom. The fourth-order valence-electron chi connectivity index (χ4n) is 2.13. The zero-order valence-corrected chi connectivity index (χ0v) is 15.3. The van der Waals surface area contributed by atoms with Crippen molar-refractivity contribution in [3.05, 3.63) is 58.1 Å². The Morgan fingerprint density at radius 3 is 2.57 bits per heavy atom. The van der Waals surface area contributed by atoms with E-state index in [1.54, 1.807) is 7.11 Å². The van der Waals surface area contributed by atoms with Crippen LogP contribution in [0.4, 0.5) is 0 Å². The molecule has 0 aromatic heterocycles. The number of hydrogen-bond donors (Lipinski definition) is 0. The fourth-order valence-corrected chi connectivity index (χ4v) is 3.85. The SMILES string of the molecule is CCOc1ccc(C(Br)Cc2cccc(OC)c2)c(Br)c1. The third-order valence-electron chi connectivity index (χ3n) is 3.17. The zero-order chi connectivity index (χ0) is 15.2. The fraction of sp³-hybridized carbons (Fsp3) is 0.294. The quantitative estimate of drug-likeness (QED) is 0.579. The number of methoxy groups -OCH3 is 1. The van der Waals surface area contributed by atoms with E-state index in [0.717, 1.165) is 22.4 Å². The van der Waals surface area contributed by atoms with Crippen molar-refractivity contribution in [3.63, 3.8) is 0 Å². The molecule has 21 heavy (non-hydrogen) atoms. The lowest BCUT2D eigenvalue weighted by atomic mass is 10.0. The van der Waals surface area contributed by atoms with Gasteiger partial charge in [0.1, 0.15) is 11.5 Å². The molecule has 0 aliphatic heterocycles. The van der Waals surface area contributed by atoms with Crippen molar-refractivity contribution in [2.45, 2.75) is 18.2 Å². The molecule has 1 unspecified atom stereocenters. The number of benzene rings is 2. The molecule has 4 heteroatoms.